The van der Waals surface area contributed by atoms with E-state index in [9.17, 15) is 4.79 Å². The van der Waals surface area contributed by atoms with Crippen molar-refractivity contribution in [1.29, 1.82) is 0 Å². The van der Waals surface area contributed by atoms with Gasteiger partial charge in [-0.3, -0.25) is 4.79 Å². The molecule has 3 aromatic rings. The van der Waals surface area contributed by atoms with E-state index in [0.29, 0.717) is 0 Å². The van der Waals surface area contributed by atoms with E-state index in [1.54, 1.807) is 17.7 Å². The van der Waals surface area contributed by atoms with Crippen molar-refractivity contribution < 1.29 is 0 Å². The fraction of sp³-hybridized carbons (Fsp3) is 0.143. The Morgan fingerprint density at radius 2 is 1.78 bits per heavy atom. The highest BCUT2D eigenvalue weighted by Crippen LogP contribution is 2.19. The van der Waals surface area contributed by atoms with E-state index < -0.39 is 0 Å². The van der Waals surface area contributed by atoms with Crippen LogP contribution in [0.4, 0.5) is 0 Å². The molecular formula is C14H13N3O. The molecule has 0 unspecified atom stereocenters. The van der Waals surface area contributed by atoms with Gasteiger partial charge in [-0.15, -0.1) is 0 Å². The zero-order valence-electron chi connectivity index (χ0n) is 10.3. The Kier molecular flexibility index (Phi) is 2.30. The lowest BCUT2D eigenvalue weighted by molar-refractivity contribution is 0.888. The number of aromatic nitrogens is 3. The molecule has 0 amide bonds. The van der Waals surface area contributed by atoms with Gasteiger partial charge in [0.2, 0.25) is 0 Å². The number of para-hydroxylation sites is 1. The van der Waals surface area contributed by atoms with Crippen molar-refractivity contribution in [3.63, 3.8) is 0 Å². The van der Waals surface area contributed by atoms with Crippen LogP contribution in [0.25, 0.3) is 16.7 Å². The van der Waals surface area contributed by atoms with Crippen molar-refractivity contribution >= 4 is 11.0 Å². The normalized spacial score (nSPS) is 11.0. The molecule has 0 spiro atoms. The average molecular weight is 239 g/mol. The van der Waals surface area contributed by atoms with Gasteiger partial charge in [-0.25, -0.2) is 4.68 Å². The first kappa shape index (κ1) is 10.8. The minimum Gasteiger partial charge on any atom is -0.308 e. The number of pyridine rings is 1. The van der Waals surface area contributed by atoms with Gasteiger partial charge in [0, 0.05) is 13.1 Å². The van der Waals surface area contributed by atoms with E-state index in [1.165, 1.54) is 0 Å². The summed E-state index contributed by atoms with van der Waals surface area (Å²) in [6.45, 7) is 1.92. The molecule has 0 atom stereocenters. The van der Waals surface area contributed by atoms with Crippen molar-refractivity contribution in [1.82, 2.24) is 14.3 Å². The first-order valence-corrected chi connectivity index (χ1v) is 5.79. The van der Waals surface area contributed by atoms with Gasteiger partial charge in [0.05, 0.1) is 22.4 Å². The molecule has 2 heterocycles. The van der Waals surface area contributed by atoms with Crippen LogP contribution >= 0.6 is 0 Å². The monoisotopic (exact) mass is 239 g/mol. The molecule has 4 nitrogen and oxygen atoms in total. The van der Waals surface area contributed by atoms with E-state index in [4.69, 9.17) is 0 Å². The Hall–Kier alpha value is -2.36. The highest BCUT2D eigenvalue weighted by Gasteiger charge is 2.11. The Morgan fingerprint density at radius 1 is 1.06 bits per heavy atom. The smallest absolute Gasteiger partial charge is 0.250 e. The minimum absolute atomic E-state index is 0.0155. The van der Waals surface area contributed by atoms with E-state index >= 15 is 0 Å². The fourth-order valence-electron chi connectivity index (χ4n) is 2.24. The van der Waals surface area contributed by atoms with Crippen LogP contribution in [0.3, 0.4) is 0 Å². The Labute approximate surface area is 104 Å². The molecule has 18 heavy (non-hydrogen) atoms. The van der Waals surface area contributed by atoms with Crippen LogP contribution in [0.1, 0.15) is 5.69 Å². The summed E-state index contributed by atoms with van der Waals surface area (Å²) < 4.78 is 3.50. The molecule has 0 aliphatic heterocycles. The molecule has 0 N–H and O–H groups in total. The summed E-state index contributed by atoms with van der Waals surface area (Å²) >= 11 is 0. The third kappa shape index (κ3) is 1.46. The molecule has 0 radical (unpaired) electrons. The molecule has 0 aliphatic carbocycles. The third-order valence-corrected chi connectivity index (χ3v) is 3.11. The van der Waals surface area contributed by atoms with Crippen molar-refractivity contribution in [3.8, 4) is 5.69 Å². The molecular weight excluding hydrogens is 226 g/mol. The Morgan fingerprint density at radius 3 is 2.50 bits per heavy atom. The minimum atomic E-state index is -0.0155. The zero-order chi connectivity index (χ0) is 12.7. The lowest BCUT2D eigenvalue weighted by Gasteiger charge is -2.03. The lowest BCUT2D eigenvalue weighted by atomic mass is 10.3. The van der Waals surface area contributed by atoms with Gasteiger partial charge in [0.15, 0.2) is 0 Å². The molecule has 0 fully saturated rings. The van der Waals surface area contributed by atoms with Gasteiger partial charge in [-0.2, -0.15) is 5.10 Å². The molecule has 1 aromatic carbocycles. The van der Waals surface area contributed by atoms with Crippen molar-refractivity contribution in [3.05, 3.63) is 58.5 Å². The summed E-state index contributed by atoms with van der Waals surface area (Å²) in [6.07, 6.45) is 0. The van der Waals surface area contributed by atoms with Crippen LogP contribution < -0.4 is 5.56 Å². The second-order valence-corrected chi connectivity index (χ2v) is 4.30. The first-order valence-electron chi connectivity index (χ1n) is 5.79. The second kappa shape index (κ2) is 3.84. The maximum atomic E-state index is 11.7. The number of benzene rings is 1. The quantitative estimate of drug-likeness (QED) is 0.652. The molecule has 90 valence electrons. The van der Waals surface area contributed by atoms with Gasteiger partial charge in [0.25, 0.3) is 5.56 Å². The number of hydrogen-bond acceptors (Lipinski definition) is 2. The summed E-state index contributed by atoms with van der Waals surface area (Å²) in [6, 6.07) is 13.3. The highest BCUT2D eigenvalue weighted by atomic mass is 16.1. The van der Waals surface area contributed by atoms with Gasteiger partial charge in [0.1, 0.15) is 0 Å². The SMILES string of the molecule is Cc1nn(-c2ccccc2)c2ccc(=O)n(C)c12. The Bertz CT molecular complexity index is 769. The van der Waals surface area contributed by atoms with Crippen molar-refractivity contribution in [2.75, 3.05) is 0 Å². The molecule has 0 saturated carbocycles. The number of hydrogen-bond donors (Lipinski definition) is 0. The average Bonchev–Trinajstić information content (AvgIpc) is 2.73. The number of nitrogens with zero attached hydrogens (tertiary/aromatic N) is 3. The highest BCUT2D eigenvalue weighted by molar-refractivity contribution is 5.79. The van der Waals surface area contributed by atoms with Crippen LogP contribution in [-0.2, 0) is 7.05 Å². The standard InChI is InChI=1S/C14H13N3O/c1-10-14-12(8-9-13(18)16(14)2)17(15-10)11-6-4-3-5-7-11/h3-9H,1-2H3. The van der Waals surface area contributed by atoms with Crippen LogP contribution in [-0.4, -0.2) is 14.3 Å². The molecule has 0 bridgehead atoms. The maximum Gasteiger partial charge on any atom is 0.250 e. The van der Waals surface area contributed by atoms with Crippen LogP contribution in [0.15, 0.2) is 47.3 Å². The van der Waals surface area contributed by atoms with E-state index in [1.807, 2.05) is 48.0 Å². The molecule has 2 aromatic heterocycles. The molecule has 0 saturated heterocycles. The van der Waals surface area contributed by atoms with Crippen LogP contribution in [0.5, 0.6) is 0 Å². The van der Waals surface area contributed by atoms with Gasteiger partial charge in [-0.1, -0.05) is 18.2 Å². The van der Waals surface area contributed by atoms with Crippen molar-refractivity contribution in [2.24, 2.45) is 7.05 Å². The number of aryl methyl sites for hydroxylation is 2. The van der Waals surface area contributed by atoms with Gasteiger partial charge < -0.3 is 4.57 Å². The summed E-state index contributed by atoms with van der Waals surface area (Å²) in [5.41, 5.74) is 3.66. The van der Waals surface area contributed by atoms with E-state index in [2.05, 4.69) is 5.10 Å². The zero-order valence-corrected chi connectivity index (χ0v) is 10.3. The van der Waals surface area contributed by atoms with Crippen LogP contribution in [0.2, 0.25) is 0 Å². The fourth-order valence-corrected chi connectivity index (χ4v) is 2.24. The topological polar surface area (TPSA) is 39.8 Å². The molecule has 3 rings (SSSR count). The van der Waals surface area contributed by atoms with Gasteiger partial charge in [-0.05, 0) is 25.1 Å². The molecule has 0 aliphatic rings. The summed E-state index contributed by atoms with van der Waals surface area (Å²) in [5.74, 6) is 0. The maximum absolute atomic E-state index is 11.7. The Balaban J connectivity index is 2.40. The predicted molar refractivity (Wildman–Crippen MR) is 71.0 cm³/mol. The largest absolute Gasteiger partial charge is 0.308 e. The third-order valence-electron chi connectivity index (χ3n) is 3.11. The van der Waals surface area contributed by atoms with Crippen molar-refractivity contribution in [2.45, 2.75) is 6.92 Å². The summed E-state index contributed by atoms with van der Waals surface area (Å²) in [4.78, 5) is 11.7. The summed E-state index contributed by atoms with van der Waals surface area (Å²) in [5, 5.41) is 4.52. The lowest BCUT2D eigenvalue weighted by Crippen LogP contribution is -2.15. The first-order chi connectivity index (χ1) is 8.68. The van der Waals surface area contributed by atoms with Gasteiger partial charge >= 0.3 is 0 Å². The van der Waals surface area contributed by atoms with E-state index in [-0.39, 0.29) is 5.56 Å². The number of fused-ring (bicyclic) bond motifs is 1. The molecule has 4 heteroatoms. The van der Waals surface area contributed by atoms with Crippen LogP contribution in [0, 0.1) is 6.92 Å². The second-order valence-electron chi connectivity index (χ2n) is 4.30. The summed E-state index contributed by atoms with van der Waals surface area (Å²) in [7, 11) is 1.77. The number of rotatable bonds is 1. The predicted octanol–water partition coefficient (Wildman–Crippen LogP) is 2.03. The van der Waals surface area contributed by atoms with E-state index in [0.717, 1.165) is 22.4 Å².